The largest absolute Gasteiger partial charge is 0.497 e. The van der Waals surface area contributed by atoms with Gasteiger partial charge in [-0.05, 0) is 51.0 Å². The molecule has 1 aliphatic heterocycles. The molecular formula is C18H28N2O3. The van der Waals surface area contributed by atoms with Crippen LogP contribution in [0.3, 0.4) is 0 Å². The number of piperidine rings is 1. The normalized spacial score (nSPS) is 17.0. The average Bonchev–Trinajstić information content (AvgIpc) is 2.61. The Balaban J connectivity index is 1.88. The lowest BCUT2D eigenvalue weighted by atomic mass is 10.0. The number of ether oxygens (including phenoxy) is 2. The van der Waals surface area contributed by atoms with Crippen LogP contribution in [0.5, 0.6) is 5.75 Å². The minimum Gasteiger partial charge on any atom is -0.497 e. The molecule has 0 N–H and O–H groups in total. The van der Waals surface area contributed by atoms with Gasteiger partial charge in [-0.2, -0.15) is 0 Å². The van der Waals surface area contributed by atoms with Gasteiger partial charge in [0.2, 0.25) is 0 Å². The van der Waals surface area contributed by atoms with Crippen molar-refractivity contribution < 1.29 is 14.3 Å². The van der Waals surface area contributed by atoms with Crippen molar-refractivity contribution in [3.63, 3.8) is 0 Å². The first-order valence-corrected chi connectivity index (χ1v) is 8.34. The molecule has 0 unspecified atom stereocenters. The fourth-order valence-electron chi connectivity index (χ4n) is 3.09. The van der Waals surface area contributed by atoms with E-state index in [9.17, 15) is 4.79 Å². The Labute approximate surface area is 139 Å². The minimum absolute atomic E-state index is 0.0785. The van der Waals surface area contributed by atoms with Crippen molar-refractivity contribution in [1.29, 1.82) is 0 Å². The molecular weight excluding hydrogens is 292 g/mol. The summed E-state index contributed by atoms with van der Waals surface area (Å²) in [6, 6.07) is 8.44. The number of likely N-dealkylation sites (N-methyl/N-ethyl adjacent to an activating group) is 1. The van der Waals surface area contributed by atoms with Gasteiger partial charge in [-0.25, -0.2) is 0 Å². The maximum Gasteiger partial charge on any atom is 0.251 e. The van der Waals surface area contributed by atoms with Gasteiger partial charge in [0.15, 0.2) is 0 Å². The summed E-state index contributed by atoms with van der Waals surface area (Å²) in [6.45, 7) is 6.22. The van der Waals surface area contributed by atoms with E-state index in [-0.39, 0.29) is 12.0 Å². The first-order valence-electron chi connectivity index (χ1n) is 8.34. The van der Waals surface area contributed by atoms with Crippen LogP contribution >= 0.6 is 0 Å². The number of carbonyl (C=O) groups is 1. The van der Waals surface area contributed by atoms with Crippen LogP contribution in [0.1, 0.15) is 26.7 Å². The molecule has 23 heavy (non-hydrogen) atoms. The summed E-state index contributed by atoms with van der Waals surface area (Å²) in [6.07, 6.45) is 1.60. The molecule has 1 aromatic carbocycles. The molecule has 0 saturated carbocycles. The van der Waals surface area contributed by atoms with Crippen molar-refractivity contribution >= 4 is 11.6 Å². The average molecular weight is 320 g/mol. The van der Waals surface area contributed by atoms with E-state index in [0.29, 0.717) is 12.6 Å². The zero-order valence-corrected chi connectivity index (χ0v) is 14.6. The molecule has 0 radical (unpaired) electrons. The number of benzene rings is 1. The van der Waals surface area contributed by atoms with Gasteiger partial charge in [-0.15, -0.1) is 0 Å². The highest BCUT2D eigenvalue weighted by Gasteiger charge is 2.28. The van der Waals surface area contributed by atoms with Gasteiger partial charge >= 0.3 is 0 Å². The number of anilines is 1. The monoisotopic (exact) mass is 320 g/mol. The van der Waals surface area contributed by atoms with E-state index < -0.39 is 0 Å². The zero-order chi connectivity index (χ0) is 16.8. The third-order valence-electron chi connectivity index (χ3n) is 4.56. The first-order chi connectivity index (χ1) is 11.1. The molecule has 1 heterocycles. The Kier molecular flexibility index (Phi) is 6.28. The van der Waals surface area contributed by atoms with Crippen molar-refractivity contribution in [2.75, 3.05) is 38.8 Å². The summed E-state index contributed by atoms with van der Waals surface area (Å²) in [5.41, 5.74) is 1.21. The Hall–Kier alpha value is -1.75. The van der Waals surface area contributed by atoms with Crippen LogP contribution in [-0.2, 0) is 9.53 Å². The van der Waals surface area contributed by atoms with Crippen LogP contribution < -0.4 is 9.64 Å². The van der Waals surface area contributed by atoms with Crippen molar-refractivity contribution in [3.8, 4) is 5.75 Å². The zero-order valence-electron chi connectivity index (χ0n) is 14.6. The lowest BCUT2D eigenvalue weighted by Crippen LogP contribution is -2.48. The molecule has 1 fully saturated rings. The molecule has 1 amide bonds. The van der Waals surface area contributed by atoms with Crippen LogP contribution in [0.2, 0.25) is 0 Å². The predicted molar refractivity (Wildman–Crippen MR) is 92.1 cm³/mol. The van der Waals surface area contributed by atoms with Crippen molar-refractivity contribution in [1.82, 2.24) is 4.90 Å². The summed E-state index contributed by atoms with van der Waals surface area (Å²) in [4.78, 5) is 16.6. The summed E-state index contributed by atoms with van der Waals surface area (Å²) in [5, 5.41) is 0. The molecule has 1 atom stereocenters. The van der Waals surface area contributed by atoms with Gasteiger partial charge in [0, 0.05) is 38.5 Å². The quantitative estimate of drug-likeness (QED) is 0.808. The molecule has 5 nitrogen and oxygen atoms in total. The number of hydrogen-bond acceptors (Lipinski definition) is 4. The second kappa shape index (κ2) is 8.20. The SMILES string of the molecule is CCO[C@@H](C)C(=O)N(C)C1CCN(c2ccc(OC)cc2)CC1. The van der Waals surface area contributed by atoms with Crippen LogP contribution in [0, 0.1) is 0 Å². The third-order valence-corrected chi connectivity index (χ3v) is 4.56. The Morgan fingerprint density at radius 1 is 1.30 bits per heavy atom. The number of carbonyl (C=O) groups excluding carboxylic acids is 1. The molecule has 5 heteroatoms. The second-order valence-corrected chi connectivity index (χ2v) is 5.96. The number of methoxy groups -OCH3 is 1. The number of hydrogen-bond donors (Lipinski definition) is 0. The highest BCUT2D eigenvalue weighted by molar-refractivity contribution is 5.80. The molecule has 1 saturated heterocycles. The van der Waals surface area contributed by atoms with E-state index >= 15 is 0 Å². The third kappa shape index (κ3) is 4.38. The fourth-order valence-corrected chi connectivity index (χ4v) is 3.09. The molecule has 1 aliphatic rings. The van der Waals surface area contributed by atoms with Crippen LogP contribution in [0.15, 0.2) is 24.3 Å². The van der Waals surface area contributed by atoms with E-state index in [1.807, 2.05) is 37.9 Å². The van der Waals surface area contributed by atoms with E-state index in [1.165, 1.54) is 5.69 Å². The topological polar surface area (TPSA) is 42.0 Å². The summed E-state index contributed by atoms with van der Waals surface area (Å²) in [7, 11) is 3.57. The van der Waals surface area contributed by atoms with Crippen LogP contribution in [0.4, 0.5) is 5.69 Å². The predicted octanol–water partition coefficient (Wildman–Crippen LogP) is 2.55. The number of amides is 1. The van der Waals surface area contributed by atoms with Gasteiger partial charge in [0.05, 0.1) is 7.11 Å². The smallest absolute Gasteiger partial charge is 0.251 e. The highest BCUT2D eigenvalue weighted by atomic mass is 16.5. The number of nitrogens with zero attached hydrogens (tertiary/aromatic N) is 2. The van der Waals surface area contributed by atoms with E-state index in [0.717, 1.165) is 31.7 Å². The molecule has 0 aliphatic carbocycles. The Morgan fingerprint density at radius 2 is 1.91 bits per heavy atom. The second-order valence-electron chi connectivity index (χ2n) is 5.96. The lowest BCUT2D eigenvalue weighted by Gasteiger charge is -2.38. The number of rotatable bonds is 6. The Morgan fingerprint density at radius 3 is 2.43 bits per heavy atom. The fraction of sp³-hybridized carbons (Fsp3) is 0.611. The van der Waals surface area contributed by atoms with Gasteiger partial charge < -0.3 is 19.3 Å². The summed E-state index contributed by atoms with van der Waals surface area (Å²) >= 11 is 0. The summed E-state index contributed by atoms with van der Waals surface area (Å²) < 4.78 is 10.6. The van der Waals surface area contributed by atoms with E-state index in [1.54, 1.807) is 7.11 Å². The van der Waals surface area contributed by atoms with Crippen molar-refractivity contribution in [2.24, 2.45) is 0 Å². The molecule has 0 aromatic heterocycles. The minimum atomic E-state index is -0.357. The molecule has 0 bridgehead atoms. The van der Waals surface area contributed by atoms with Gasteiger partial charge in [-0.1, -0.05) is 0 Å². The standard InChI is InChI=1S/C18H28N2O3/c1-5-23-14(2)18(21)19(3)15-10-12-20(13-11-15)16-6-8-17(22-4)9-7-16/h6-9,14-15H,5,10-13H2,1-4H3/t14-/m0/s1. The maximum absolute atomic E-state index is 12.3. The van der Waals surface area contributed by atoms with Gasteiger partial charge in [-0.3, -0.25) is 4.79 Å². The van der Waals surface area contributed by atoms with Gasteiger partial charge in [0.1, 0.15) is 11.9 Å². The van der Waals surface area contributed by atoms with Crippen LogP contribution in [-0.4, -0.2) is 56.8 Å². The maximum atomic E-state index is 12.3. The molecule has 0 spiro atoms. The summed E-state index contributed by atoms with van der Waals surface area (Å²) in [5.74, 6) is 0.952. The molecule has 128 valence electrons. The molecule has 1 aromatic rings. The van der Waals surface area contributed by atoms with E-state index in [4.69, 9.17) is 9.47 Å². The molecule has 2 rings (SSSR count). The lowest BCUT2D eigenvalue weighted by molar-refractivity contribution is -0.143. The van der Waals surface area contributed by atoms with Crippen LogP contribution in [0.25, 0.3) is 0 Å². The van der Waals surface area contributed by atoms with Crippen molar-refractivity contribution in [2.45, 2.75) is 38.8 Å². The van der Waals surface area contributed by atoms with Gasteiger partial charge in [0.25, 0.3) is 5.91 Å². The van der Waals surface area contributed by atoms with Crippen molar-refractivity contribution in [3.05, 3.63) is 24.3 Å². The Bertz CT molecular complexity index is 495. The first kappa shape index (κ1) is 17.6. The highest BCUT2D eigenvalue weighted by Crippen LogP contribution is 2.24. The van der Waals surface area contributed by atoms with E-state index in [2.05, 4.69) is 17.0 Å².